The second kappa shape index (κ2) is 10.9. The predicted molar refractivity (Wildman–Crippen MR) is 109 cm³/mol. The average Bonchev–Trinajstić information content (AvgIpc) is 2.71. The summed E-state index contributed by atoms with van der Waals surface area (Å²) in [5.41, 5.74) is 1.22. The molecule has 1 unspecified atom stereocenters. The van der Waals surface area contributed by atoms with Gasteiger partial charge < -0.3 is 14.8 Å². The van der Waals surface area contributed by atoms with E-state index in [1.807, 2.05) is 19.9 Å². The van der Waals surface area contributed by atoms with E-state index in [1.165, 1.54) is 5.56 Å². The smallest absolute Gasteiger partial charge is 0.321 e. The fourth-order valence-corrected chi connectivity index (χ4v) is 3.60. The second-order valence-corrected chi connectivity index (χ2v) is 7.26. The normalized spacial score (nSPS) is 16.3. The molecular formula is C21H33N3O4. The van der Waals surface area contributed by atoms with E-state index < -0.39 is 6.03 Å². The van der Waals surface area contributed by atoms with Gasteiger partial charge in [-0.2, -0.15) is 0 Å². The van der Waals surface area contributed by atoms with Crippen LogP contribution in [0.1, 0.15) is 38.7 Å². The number of piperidine rings is 1. The van der Waals surface area contributed by atoms with Gasteiger partial charge >= 0.3 is 6.03 Å². The largest absolute Gasteiger partial charge is 0.497 e. The predicted octanol–water partition coefficient (Wildman–Crippen LogP) is 2.58. The van der Waals surface area contributed by atoms with Crippen molar-refractivity contribution in [1.82, 2.24) is 15.5 Å². The molecule has 28 heavy (non-hydrogen) atoms. The number of methoxy groups -OCH3 is 2. The Morgan fingerprint density at radius 2 is 1.75 bits per heavy atom. The van der Waals surface area contributed by atoms with Crippen molar-refractivity contribution in [3.05, 3.63) is 23.8 Å². The third-order valence-corrected chi connectivity index (χ3v) is 5.40. The zero-order chi connectivity index (χ0) is 20.5. The van der Waals surface area contributed by atoms with Crippen molar-refractivity contribution in [3.63, 3.8) is 0 Å². The van der Waals surface area contributed by atoms with Crippen molar-refractivity contribution in [3.8, 4) is 11.5 Å². The number of carbonyl (C=O) groups excluding carboxylic acids is 2. The van der Waals surface area contributed by atoms with Gasteiger partial charge in [0.05, 0.1) is 20.3 Å². The lowest BCUT2D eigenvalue weighted by Gasteiger charge is -2.35. The monoisotopic (exact) mass is 391 g/mol. The van der Waals surface area contributed by atoms with Crippen LogP contribution in [0.2, 0.25) is 0 Å². The summed E-state index contributed by atoms with van der Waals surface area (Å²) in [6.07, 6.45) is 4.19. The van der Waals surface area contributed by atoms with Crippen LogP contribution in [-0.2, 0) is 11.2 Å². The molecule has 1 aromatic rings. The number of benzene rings is 1. The molecule has 0 aliphatic carbocycles. The van der Waals surface area contributed by atoms with E-state index in [1.54, 1.807) is 14.2 Å². The highest BCUT2D eigenvalue weighted by atomic mass is 16.5. The molecular weight excluding hydrogens is 358 g/mol. The molecule has 2 N–H and O–H groups in total. The Labute approximate surface area is 167 Å². The SMILES string of the molecule is CCNC(=O)NC(=O)C(C)N1CCC(CCc2cc(OC)cc(OC)c2)CC1. The average molecular weight is 392 g/mol. The number of likely N-dealkylation sites (tertiary alicyclic amines) is 1. The summed E-state index contributed by atoms with van der Waals surface area (Å²) >= 11 is 0. The van der Waals surface area contributed by atoms with Crippen molar-refractivity contribution < 1.29 is 19.1 Å². The Kier molecular flexibility index (Phi) is 8.57. The van der Waals surface area contributed by atoms with Gasteiger partial charge in [0.25, 0.3) is 0 Å². The molecule has 0 saturated carbocycles. The second-order valence-electron chi connectivity index (χ2n) is 7.26. The van der Waals surface area contributed by atoms with Gasteiger partial charge in [-0.3, -0.25) is 15.0 Å². The molecule has 1 atom stereocenters. The van der Waals surface area contributed by atoms with Crippen LogP contribution in [0.4, 0.5) is 4.79 Å². The van der Waals surface area contributed by atoms with Crippen LogP contribution < -0.4 is 20.1 Å². The summed E-state index contributed by atoms with van der Waals surface area (Å²) < 4.78 is 10.7. The van der Waals surface area contributed by atoms with E-state index >= 15 is 0 Å². The van der Waals surface area contributed by atoms with Crippen molar-refractivity contribution in [2.75, 3.05) is 33.9 Å². The first-order valence-corrected chi connectivity index (χ1v) is 10.0. The zero-order valence-corrected chi connectivity index (χ0v) is 17.4. The summed E-state index contributed by atoms with van der Waals surface area (Å²) in [5.74, 6) is 2.02. The number of amides is 3. The van der Waals surface area contributed by atoms with Crippen molar-refractivity contribution >= 4 is 11.9 Å². The van der Waals surface area contributed by atoms with Gasteiger partial charge in [-0.1, -0.05) is 0 Å². The quantitative estimate of drug-likeness (QED) is 0.712. The van der Waals surface area contributed by atoms with Crippen molar-refractivity contribution in [2.24, 2.45) is 5.92 Å². The summed E-state index contributed by atoms with van der Waals surface area (Å²) in [7, 11) is 3.33. The number of nitrogens with one attached hydrogen (secondary N) is 2. The molecule has 0 spiro atoms. The Morgan fingerprint density at radius 1 is 1.14 bits per heavy atom. The Bertz CT molecular complexity index is 635. The summed E-state index contributed by atoms with van der Waals surface area (Å²) in [6.45, 7) is 5.92. The minimum atomic E-state index is -0.428. The summed E-state index contributed by atoms with van der Waals surface area (Å²) in [4.78, 5) is 25.9. The van der Waals surface area contributed by atoms with Gasteiger partial charge in [0.1, 0.15) is 11.5 Å². The van der Waals surface area contributed by atoms with E-state index in [0.29, 0.717) is 12.5 Å². The molecule has 1 saturated heterocycles. The lowest BCUT2D eigenvalue weighted by atomic mass is 9.90. The minimum Gasteiger partial charge on any atom is -0.497 e. The fourth-order valence-electron chi connectivity index (χ4n) is 3.60. The number of hydrogen-bond donors (Lipinski definition) is 2. The van der Waals surface area contributed by atoms with E-state index in [2.05, 4.69) is 27.7 Å². The molecule has 1 heterocycles. The Balaban J connectivity index is 1.79. The van der Waals surface area contributed by atoms with Crippen LogP contribution >= 0.6 is 0 Å². The van der Waals surface area contributed by atoms with Crippen LogP contribution in [-0.4, -0.2) is 56.7 Å². The number of nitrogens with zero attached hydrogens (tertiary/aromatic N) is 1. The lowest BCUT2D eigenvalue weighted by Crippen LogP contribution is -2.51. The first-order valence-electron chi connectivity index (χ1n) is 10.0. The van der Waals surface area contributed by atoms with Crippen LogP contribution in [0, 0.1) is 5.92 Å². The van der Waals surface area contributed by atoms with Crippen molar-refractivity contribution in [1.29, 1.82) is 0 Å². The molecule has 3 amide bonds. The van der Waals surface area contributed by atoms with E-state index in [0.717, 1.165) is 50.3 Å². The molecule has 1 aliphatic heterocycles. The number of rotatable bonds is 8. The number of urea groups is 1. The third kappa shape index (κ3) is 6.41. The number of hydrogen-bond acceptors (Lipinski definition) is 5. The topological polar surface area (TPSA) is 79.9 Å². The Hall–Kier alpha value is -2.28. The minimum absolute atomic E-state index is 0.243. The molecule has 0 aromatic heterocycles. The van der Waals surface area contributed by atoms with E-state index in [-0.39, 0.29) is 11.9 Å². The molecule has 1 aromatic carbocycles. The number of aryl methyl sites for hydroxylation is 1. The van der Waals surface area contributed by atoms with Gasteiger partial charge in [0.2, 0.25) is 5.91 Å². The van der Waals surface area contributed by atoms with Crippen LogP contribution in [0.5, 0.6) is 11.5 Å². The fraction of sp³-hybridized carbons (Fsp3) is 0.619. The molecule has 7 nitrogen and oxygen atoms in total. The molecule has 1 aliphatic rings. The summed E-state index contributed by atoms with van der Waals surface area (Å²) in [5, 5.41) is 4.99. The highest BCUT2D eigenvalue weighted by Gasteiger charge is 2.27. The maximum Gasteiger partial charge on any atom is 0.321 e. The number of ether oxygens (including phenoxy) is 2. The van der Waals surface area contributed by atoms with E-state index in [4.69, 9.17) is 9.47 Å². The van der Waals surface area contributed by atoms with Gasteiger partial charge in [-0.15, -0.1) is 0 Å². The maximum atomic E-state index is 12.2. The third-order valence-electron chi connectivity index (χ3n) is 5.40. The molecule has 0 bridgehead atoms. The first kappa shape index (κ1) is 22.0. The van der Waals surface area contributed by atoms with Gasteiger partial charge in [-0.05, 0) is 76.2 Å². The van der Waals surface area contributed by atoms with Crippen molar-refractivity contribution in [2.45, 2.75) is 45.6 Å². The van der Waals surface area contributed by atoms with Gasteiger partial charge in [-0.25, -0.2) is 4.79 Å². The molecule has 0 radical (unpaired) electrons. The number of carbonyl (C=O) groups is 2. The highest BCUT2D eigenvalue weighted by molar-refractivity contribution is 5.96. The van der Waals surface area contributed by atoms with E-state index in [9.17, 15) is 9.59 Å². The molecule has 1 fully saturated rings. The zero-order valence-electron chi connectivity index (χ0n) is 17.4. The standard InChI is InChI=1S/C21H33N3O4/c1-5-22-21(26)23-20(25)15(2)24-10-8-16(9-11-24)6-7-17-12-18(27-3)14-19(13-17)28-4/h12-16H,5-11H2,1-4H3,(H2,22,23,25,26). The lowest BCUT2D eigenvalue weighted by molar-refractivity contribution is -0.125. The molecule has 7 heteroatoms. The Morgan fingerprint density at radius 3 is 2.29 bits per heavy atom. The molecule has 156 valence electrons. The summed E-state index contributed by atoms with van der Waals surface area (Å²) in [6, 6.07) is 5.28. The number of imide groups is 1. The maximum absolute atomic E-state index is 12.2. The van der Waals surface area contributed by atoms with Crippen LogP contribution in [0.3, 0.4) is 0 Å². The first-order chi connectivity index (χ1) is 13.5. The van der Waals surface area contributed by atoms with Crippen LogP contribution in [0.15, 0.2) is 18.2 Å². The van der Waals surface area contributed by atoms with Gasteiger partial charge in [0, 0.05) is 12.6 Å². The molecule has 2 rings (SSSR count). The van der Waals surface area contributed by atoms with Gasteiger partial charge in [0.15, 0.2) is 0 Å². The van der Waals surface area contributed by atoms with Crippen LogP contribution in [0.25, 0.3) is 0 Å². The highest BCUT2D eigenvalue weighted by Crippen LogP contribution is 2.27.